The van der Waals surface area contributed by atoms with Crippen LogP contribution >= 0.6 is 11.3 Å². The number of alkyl halides is 2. The minimum atomic E-state index is -4.60. The van der Waals surface area contributed by atoms with Crippen LogP contribution in [-0.2, 0) is 21.2 Å². The maximum atomic E-state index is 12.3. The largest absolute Gasteiger partial charge is 0.477 e. The molecule has 3 aromatic rings. The summed E-state index contributed by atoms with van der Waals surface area (Å²) in [6.45, 7) is 3.81. The van der Waals surface area contributed by atoms with Gasteiger partial charge < -0.3 is 15.2 Å². The van der Waals surface area contributed by atoms with Gasteiger partial charge in [-0.25, -0.2) is 18.4 Å². The number of sulfonamides is 1. The third-order valence-corrected chi connectivity index (χ3v) is 6.87. The van der Waals surface area contributed by atoms with Crippen molar-refractivity contribution in [3.8, 4) is 16.5 Å². The number of amides is 1. The SMILES string of the molecule is CCOc1cncc(-c2cnc(C(N)=O)s2)n1.O=S(=O)(Nc1cccc(C[C@H]2CCOC2)c1)C(F)F.[HH].[HH]. The second kappa shape index (κ2) is 12.6. The molecule has 0 radical (unpaired) electrons. The molecule has 1 amide bonds. The molecule has 1 atom stereocenters. The highest BCUT2D eigenvalue weighted by Crippen LogP contribution is 2.25. The normalized spacial score (nSPS) is 15.3. The van der Waals surface area contributed by atoms with Crippen molar-refractivity contribution in [3.63, 3.8) is 0 Å². The van der Waals surface area contributed by atoms with Crippen LogP contribution in [0.1, 0.15) is 31.6 Å². The maximum absolute atomic E-state index is 12.3. The second-order valence-corrected chi connectivity index (χ2v) is 10.3. The number of carbonyl (C=O) groups is 1. The fourth-order valence-corrected chi connectivity index (χ4v) is 4.51. The van der Waals surface area contributed by atoms with E-state index < -0.39 is 21.7 Å². The van der Waals surface area contributed by atoms with Crippen LogP contribution in [0.2, 0.25) is 0 Å². The average molecular weight is 546 g/mol. The molecule has 2 aromatic heterocycles. The highest BCUT2D eigenvalue weighted by atomic mass is 32.2. The molecule has 10 nitrogen and oxygen atoms in total. The van der Waals surface area contributed by atoms with Crippen molar-refractivity contribution in [3.05, 3.63) is 53.4 Å². The molecular weight excluding hydrogens is 516 g/mol. The lowest BCUT2D eigenvalue weighted by Crippen LogP contribution is -2.20. The quantitative estimate of drug-likeness (QED) is 0.413. The first-order valence-electron chi connectivity index (χ1n) is 10.8. The number of nitrogens with two attached hydrogens (primary N) is 1. The number of carbonyl (C=O) groups excluding carboxylic acids is 1. The molecule has 3 heterocycles. The van der Waals surface area contributed by atoms with Crippen LogP contribution in [0.15, 0.2) is 42.9 Å². The number of halogens is 2. The van der Waals surface area contributed by atoms with E-state index in [1.807, 2.05) is 17.7 Å². The first-order valence-corrected chi connectivity index (χ1v) is 13.2. The molecule has 0 aliphatic carbocycles. The summed E-state index contributed by atoms with van der Waals surface area (Å²) in [4.78, 5) is 23.8. The van der Waals surface area contributed by atoms with E-state index in [0.29, 0.717) is 30.7 Å². The Morgan fingerprint density at radius 3 is 2.81 bits per heavy atom. The minimum Gasteiger partial charge on any atom is -0.477 e. The van der Waals surface area contributed by atoms with Crippen LogP contribution in [0.5, 0.6) is 5.88 Å². The summed E-state index contributed by atoms with van der Waals surface area (Å²) in [5, 5.41) is 0.253. The van der Waals surface area contributed by atoms with E-state index in [2.05, 4.69) is 15.0 Å². The Morgan fingerprint density at radius 2 is 2.17 bits per heavy atom. The smallest absolute Gasteiger partial charge is 0.355 e. The van der Waals surface area contributed by atoms with Crippen molar-refractivity contribution >= 4 is 33.0 Å². The van der Waals surface area contributed by atoms with Gasteiger partial charge in [0.2, 0.25) is 5.88 Å². The van der Waals surface area contributed by atoms with Gasteiger partial charge in [-0.1, -0.05) is 12.1 Å². The van der Waals surface area contributed by atoms with Crippen molar-refractivity contribution in [2.45, 2.75) is 25.5 Å². The van der Waals surface area contributed by atoms with Gasteiger partial charge in [-0.05, 0) is 43.4 Å². The van der Waals surface area contributed by atoms with Gasteiger partial charge in [-0.2, -0.15) is 8.78 Å². The van der Waals surface area contributed by atoms with Gasteiger partial charge >= 0.3 is 5.76 Å². The molecule has 36 heavy (non-hydrogen) atoms. The van der Waals surface area contributed by atoms with Gasteiger partial charge in [0.05, 0.1) is 23.9 Å². The molecule has 14 heteroatoms. The average Bonchev–Trinajstić information content (AvgIpc) is 3.52. The number of thiazole rings is 1. The Hall–Kier alpha value is -3.23. The summed E-state index contributed by atoms with van der Waals surface area (Å²) >= 11 is 1.18. The van der Waals surface area contributed by atoms with Crippen LogP contribution in [0.3, 0.4) is 0 Å². The predicted octanol–water partition coefficient (Wildman–Crippen LogP) is 3.82. The zero-order valence-electron chi connectivity index (χ0n) is 19.3. The number of anilines is 1. The third kappa shape index (κ3) is 7.90. The van der Waals surface area contributed by atoms with Crippen molar-refractivity contribution in [2.75, 3.05) is 24.5 Å². The molecule has 1 aliphatic heterocycles. The molecule has 0 saturated carbocycles. The highest BCUT2D eigenvalue weighted by molar-refractivity contribution is 7.93. The van der Waals surface area contributed by atoms with Crippen molar-refractivity contribution < 1.29 is 34.3 Å². The summed E-state index contributed by atoms with van der Waals surface area (Å²) in [5.41, 5.74) is 6.81. The van der Waals surface area contributed by atoms with E-state index in [1.165, 1.54) is 23.6 Å². The van der Waals surface area contributed by atoms with Gasteiger partial charge in [0.25, 0.3) is 15.9 Å². The Labute approximate surface area is 213 Å². The van der Waals surface area contributed by atoms with Gasteiger partial charge in [-0.15, -0.1) is 11.3 Å². The molecule has 1 aliphatic rings. The van der Waals surface area contributed by atoms with E-state index >= 15 is 0 Å². The fourth-order valence-electron chi connectivity index (χ4n) is 3.24. The standard InChI is InChI=1S/C12H15F2NO3S.C10H10N4O2S.2H2/c13-12(14)19(16,17)15-11-3-1-2-9(7-11)6-10-4-5-18-8-10;1-2-16-8-5-12-3-6(14-8)7-4-13-10(17-7)9(11)15;;/h1-3,7,10,12,15H,4-6,8H2;3-5H,2H2,1H3,(H2,11,15);2*1H/t10-;;;/m1.../s1. The highest BCUT2D eigenvalue weighted by Gasteiger charge is 2.24. The zero-order valence-corrected chi connectivity index (χ0v) is 20.9. The van der Waals surface area contributed by atoms with Gasteiger partial charge in [0, 0.05) is 28.0 Å². The lowest BCUT2D eigenvalue weighted by molar-refractivity contribution is 0.1000. The Morgan fingerprint density at radius 1 is 1.36 bits per heavy atom. The number of hydrogen-bond donors (Lipinski definition) is 2. The lowest BCUT2D eigenvalue weighted by atomic mass is 9.99. The minimum absolute atomic E-state index is 0. The van der Waals surface area contributed by atoms with Crippen LogP contribution < -0.4 is 15.2 Å². The summed E-state index contributed by atoms with van der Waals surface area (Å²) in [6.07, 6.45) is 6.38. The Balaban J connectivity index is 0.000000363. The number of ether oxygens (including phenoxy) is 2. The summed E-state index contributed by atoms with van der Waals surface area (Å²) in [5.74, 6) is -3.13. The molecular formula is C22H29F2N5O5S2. The van der Waals surface area contributed by atoms with E-state index in [9.17, 15) is 22.0 Å². The van der Waals surface area contributed by atoms with Crippen molar-refractivity contribution in [1.82, 2.24) is 15.0 Å². The number of aromatic nitrogens is 3. The molecule has 198 valence electrons. The van der Waals surface area contributed by atoms with Crippen molar-refractivity contribution in [2.24, 2.45) is 11.7 Å². The molecule has 3 N–H and O–H groups in total. The molecule has 0 unspecified atom stereocenters. The molecule has 0 spiro atoms. The predicted molar refractivity (Wildman–Crippen MR) is 135 cm³/mol. The molecule has 1 fully saturated rings. The van der Waals surface area contributed by atoms with Gasteiger partial charge in [0.1, 0.15) is 5.69 Å². The first kappa shape index (κ1) is 27.4. The van der Waals surface area contributed by atoms with Gasteiger partial charge in [-0.3, -0.25) is 14.5 Å². The monoisotopic (exact) mass is 545 g/mol. The topological polar surface area (TPSA) is 146 Å². The second-order valence-electron chi connectivity index (χ2n) is 7.61. The summed E-state index contributed by atoms with van der Waals surface area (Å²) in [6, 6.07) is 6.53. The number of primary amides is 1. The number of nitrogens with one attached hydrogen (secondary N) is 1. The number of benzene rings is 1. The van der Waals surface area contributed by atoms with Crippen molar-refractivity contribution in [1.29, 1.82) is 0 Å². The zero-order chi connectivity index (χ0) is 26.1. The van der Waals surface area contributed by atoms with E-state index in [4.69, 9.17) is 15.2 Å². The van der Waals surface area contributed by atoms with Crippen LogP contribution in [0, 0.1) is 5.92 Å². The van der Waals surface area contributed by atoms with Crippen LogP contribution in [0.4, 0.5) is 14.5 Å². The fraction of sp³-hybridized carbons (Fsp3) is 0.364. The van der Waals surface area contributed by atoms with Crippen LogP contribution in [-0.4, -0.2) is 54.9 Å². The summed E-state index contributed by atoms with van der Waals surface area (Å²) in [7, 11) is -4.60. The molecule has 4 rings (SSSR count). The maximum Gasteiger partial charge on any atom is 0.355 e. The first-order chi connectivity index (χ1) is 17.2. The molecule has 0 bridgehead atoms. The lowest BCUT2D eigenvalue weighted by Gasteiger charge is -2.11. The Bertz CT molecular complexity index is 1280. The number of nitrogens with zero attached hydrogens (tertiary/aromatic N) is 3. The van der Waals surface area contributed by atoms with Crippen LogP contribution in [0.25, 0.3) is 10.6 Å². The molecule has 1 saturated heterocycles. The Kier molecular flexibility index (Phi) is 9.61. The van der Waals surface area contributed by atoms with E-state index in [-0.39, 0.29) is 13.5 Å². The van der Waals surface area contributed by atoms with E-state index in [1.54, 1.807) is 24.5 Å². The van der Waals surface area contributed by atoms with E-state index in [0.717, 1.165) is 29.9 Å². The molecule has 1 aromatic carbocycles. The van der Waals surface area contributed by atoms with Gasteiger partial charge in [0.15, 0.2) is 5.01 Å². The third-order valence-electron chi connectivity index (χ3n) is 4.84. The number of hydrogen-bond acceptors (Lipinski definition) is 9. The summed E-state index contributed by atoms with van der Waals surface area (Å²) < 4.78 is 59.0. The number of rotatable bonds is 9.